The molecule has 1 aliphatic rings. The molecule has 7 nitrogen and oxygen atoms in total. The third kappa shape index (κ3) is 3.71. The quantitative estimate of drug-likeness (QED) is 0.642. The minimum absolute atomic E-state index is 0.0243. The summed E-state index contributed by atoms with van der Waals surface area (Å²) < 4.78 is 9.87. The van der Waals surface area contributed by atoms with Crippen molar-refractivity contribution in [3.05, 3.63) is 59.5 Å². The molecule has 1 fully saturated rings. The maximum Gasteiger partial charge on any atom is 0.373 e. The third-order valence-corrected chi connectivity index (χ3v) is 4.03. The van der Waals surface area contributed by atoms with Crippen LogP contribution in [0.3, 0.4) is 0 Å². The largest absolute Gasteiger partial charge is 0.463 e. The second-order valence-corrected chi connectivity index (χ2v) is 5.71. The number of hydrogen-bond acceptors (Lipinski definition) is 5. The minimum atomic E-state index is -0.607. The van der Waals surface area contributed by atoms with E-state index in [0.717, 1.165) is 10.5 Å². The molecule has 1 atom stereocenters. The monoisotopic (exact) mass is 342 g/mol. The molecule has 7 heteroatoms. The third-order valence-electron chi connectivity index (χ3n) is 4.03. The number of carbonyl (C=O) groups excluding carboxylic acids is 3. The number of furan rings is 1. The van der Waals surface area contributed by atoms with Gasteiger partial charge in [0, 0.05) is 0 Å². The molecule has 0 aliphatic carbocycles. The van der Waals surface area contributed by atoms with Gasteiger partial charge in [-0.3, -0.25) is 9.69 Å². The Bertz CT molecular complexity index is 784. The second kappa shape index (κ2) is 7.21. The van der Waals surface area contributed by atoms with Crippen molar-refractivity contribution in [2.45, 2.75) is 25.4 Å². The lowest BCUT2D eigenvalue weighted by atomic mass is 10.1. The predicted octanol–water partition coefficient (Wildman–Crippen LogP) is 2.12. The molecule has 0 bridgehead atoms. The fraction of sp³-hybridized carbons (Fsp3) is 0.278. The van der Waals surface area contributed by atoms with E-state index in [-0.39, 0.29) is 18.2 Å². The molecule has 0 radical (unpaired) electrons. The summed E-state index contributed by atoms with van der Waals surface area (Å²) in [4.78, 5) is 37.0. The van der Waals surface area contributed by atoms with Crippen LogP contribution in [0.1, 0.15) is 28.3 Å². The van der Waals surface area contributed by atoms with E-state index in [2.05, 4.69) is 10.1 Å². The Labute approximate surface area is 144 Å². The molecule has 1 aliphatic heterocycles. The maximum atomic E-state index is 12.4. The van der Waals surface area contributed by atoms with Crippen LogP contribution in [0.2, 0.25) is 0 Å². The lowest BCUT2D eigenvalue weighted by Crippen LogP contribution is -2.31. The van der Waals surface area contributed by atoms with Gasteiger partial charge in [0.15, 0.2) is 0 Å². The Morgan fingerprint density at radius 2 is 1.96 bits per heavy atom. The molecule has 0 saturated carbocycles. The maximum absolute atomic E-state index is 12.4. The van der Waals surface area contributed by atoms with Crippen LogP contribution in [-0.4, -0.2) is 36.0 Å². The number of amides is 3. The van der Waals surface area contributed by atoms with E-state index >= 15 is 0 Å². The molecule has 2 heterocycles. The second-order valence-electron chi connectivity index (χ2n) is 5.71. The summed E-state index contributed by atoms with van der Waals surface area (Å²) in [5.41, 5.74) is 1.11. The Morgan fingerprint density at radius 1 is 1.20 bits per heavy atom. The van der Waals surface area contributed by atoms with Gasteiger partial charge in [0.1, 0.15) is 11.8 Å². The molecule has 1 aromatic carbocycles. The topological polar surface area (TPSA) is 88.9 Å². The smallest absolute Gasteiger partial charge is 0.373 e. The number of esters is 1. The molecule has 130 valence electrons. The molecule has 1 saturated heterocycles. The Kier molecular flexibility index (Phi) is 4.83. The van der Waals surface area contributed by atoms with Crippen molar-refractivity contribution in [1.82, 2.24) is 10.2 Å². The summed E-state index contributed by atoms with van der Waals surface area (Å²) in [6.07, 6.45) is 1.22. The summed E-state index contributed by atoms with van der Waals surface area (Å²) in [5, 5.41) is 2.69. The zero-order valence-electron chi connectivity index (χ0n) is 13.7. The Morgan fingerprint density at radius 3 is 2.68 bits per heavy atom. The number of methoxy groups -OCH3 is 1. The van der Waals surface area contributed by atoms with E-state index in [1.54, 1.807) is 6.07 Å². The Balaban J connectivity index is 1.61. The molecule has 3 amide bonds. The summed E-state index contributed by atoms with van der Waals surface area (Å²) in [6.45, 7) is -0.0243. The van der Waals surface area contributed by atoms with Gasteiger partial charge in [0.2, 0.25) is 5.76 Å². The minimum Gasteiger partial charge on any atom is -0.463 e. The zero-order chi connectivity index (χ0) is 17.8. The first kappa shape index (κ1) is 16.8. The van der Waals surface area contributed by atoms with Crippen LogP contribution in [0.25, 0.3) is 0 Å². The zero-order valence-corrected chi connectivity index (χ0v) is 13.7. The van der Waals surface area contributed by atoms with Crippen LogP contribution in [0.5, 0.6) is 0 Å². The first-order valence-electron chi connectivity index (χ1n) is 7.91. The van der Waals surface area contributed by atoms with Crippen LogP contribution in [0, 0.1) is 0 Å². The lowest BCUT2D eigenvalue weighted by Gasteiger charge is -2.11. The van der Waals surface area contributed by atoms with E-state index in [1.807, 2.05) is 30.3 Å². The highest BCUT2D eigenvalue weighted by atomic mass is 16.5. The normalized spacial score (nSPS) is 16.8. The number of ether oxygens (including phenoxy) is 1. The van der Waals surface area contributed by atoms with Crippen LogP contribution < -0.4 is 5.32 Å². The van der Waals surface area contributed by atoms with Gasteiger partial charge in [0.05, 0.1) is 13.7 Å². The number of urea groups is 1. The van der Waals surface area contributed by atoms with Crippen molar-refractivity contribution in [2.75, 3.05) is 7.11 Å². The van der Waals surface area contributed by atoms with Gasteiger partial charge in [-0.2, -0.15) is 0 Å². The van der Waals surface area contributed by atoms with Crippen molar-refractivity contribution in [3.63, 3.8) is 0 Å². The van der Waals surface area contributed by atoms with Crippen LogP contribution in [0.4, 0.5) is 4.79 Å². The van der Waals surface area contributed by atoms with E-state index in [4.69, 9.17) is 4.42 Å². The number of carbonyl (C=O) groups is 3. The number of nitrogens with one attached hydrogen (secondary N) is 1. The van der Waals surface area contributed by atoms with Gasteiger partial charge in [-0.1, -0.05) is 30.3 Å². The molecule has 1 aromatic heterocycles. The first-order valence-corrected chi connectivity index (χ1v) is 7.91. The summed E-state index contributed by atoms with van der Waals surface area (Å²) in [5.74, 6) is -0.529. The van der Waals surface area contributed by atoms with Crippen molar-refractivity contribution in [2.24, 2.45) is 0 Å². The average Bonchev–Trinajstić information content (AvgIpc) is 3.20. The van der Waals surface area contributed by atoms with Crippen LogP contribution in [-0.2, 0) is 22.5 Å². The van der Waals surface area contributed by atoms with Gasteiger partial charge in [-0.25, -0.2) is 9.59 Å². The molecule has 1 N–H and O–H groups in total. The summed E-state index contributed by atoms with van der Waals surface area (Å²) >= 11 is 0. The van der Waals surface area contributed by atoms with E-state index < -0.39 is 18.0 Å². The van der Waals surface area contributed by atoms with E-state index in [9.17, 15) is 14.4 Å². The van der Waals surface area contributed by atoms with Crippen molar-refractivity contribution < 1.29 is 23.5 Å². The van der Waals surface area contributed by atoms with Gasteiger partial charge < -0.3 is 14.5 Å². The predicted molar refractivity (Wildman–Crippen MR) is 87.7 cm³/mol. The average molecular weight is 342 g/mol. The van der Waals surface area contributed by atoms with Crippen LogP contribution in [0.15, 0.2) is 46.9 Å². The number of imide groups is 1. The molecule has 2 aromatic rings. The Hall–Kier alpha value is -3.09. The number of aryl methyl sites for hydroxylation is 1. The number of benzene rings is 1. The molecule has 0 unspecified atom stereocenters. The molecule has 3 rings (SSSR count). The van der Waals surface area contributed by atoms with Gasteiger partial charge in [-0.05, 0) is 30.5 Å². The highest BCUT2D eigenvalue weighted by Gasteiger charge is 2.38. The van der Waals surface area contributed by atoms with Gasteiger partial charge in [0.25, 0.3) is 5.91 Å². The highest BCUT2D eigenvalue weighted by molar-refractivity contribution is 6.04. The van der Waals surface area contributed by atoms with E-state index in [1.165, 1.54) is 13.2 Å². The fourth-order valence-corrected chi connectivity index (χ4v) is 2.71. The SMILES string of the molecule is COC(=O)c1ccc(CN2C(=O)N[C@H](CCc3ccccc3)C2=O)o1. The standard InChI is InChI=1S/C18H18N2O5/c1-24-17(22)15-10-8-13(25-15)11-20-16(21)14(19-18(20)23)9-7-12-5-3-2-4-6-12/h2-6,8,10,14H,7,9,11H2,1H3,(H,19,23)/t14-/m1/s1. The molecular weight excluding hydrogens is 324 g/mol. The van der Waals surface area contributed by atoms with E-state index in [0.29, 0.717) is 18.6 Å². The summed E-state index contributed by atoms with van der Waals surface area (Å²) in [7, 11) is 1.25. The van der Waals surface area contributed by atoms with Crippen molar-refractivity contribution in [1.29, 1.82) is 0 Å². The molecule has 0 spiro atoms. The van der Waals surface area contributed by atoms with Crippen molar-refractivity contribution in [3.8, 4) is 0 Å². The van der Waals surface area contributed by atoms with Crippen LogP contribution >= 0.6 is 0 Å². The number of nitrogens with zero attached hydrogens (tertiary/aromatic N) is 1. The van der Waals surface area contributed by atoms with Crippen molar-refractivity contribution >= 4 is 17.9 Å². The van der Waals surface area contributed by atoms with Gasteiger partial charge in [-0.15, -0.1) is 0 Å². The molecule has 25 heavy (non-hydrogen) atoms. The summed E-state index contributed by atoms with van der Waals surface area (Å²) in [6, 6.07) is 11.8. The fourth-order valence-electron chi connectivity index (χ4n) is 2.71. The number of hydrogen-bond donors (Lipinski definition) is 1. The lowest BCUT2D eigenvalue weighted by molar-refractivity contribution is -0.128. The first-order chi connectivity index (χ1) is 12.1. The van der Waals surface area contributed by atoms with Gasteiger partial charge >= 0.3 is 12.0 Å². The highest BCUT2D eigenvalue weighted by Crippen LogP contribution is 2.18. The molecular formula is C18H18N2O5. The number of rotatable bonds is 6.